The van der Waals surface area contributed by atoms with E-state index in [1.54, 1.807) is 13.8 Å². The van der Waals surface area contributed by atoms with E-state index < -0.39 is 5.41 Å². The molecule has 92 valence electrons. The molecule has 3 heteroatoms. The van der Waals surface area contributed by atoms with Gasteiger partial charge in [-0.15, -0.1) is 0 Å². The van der Waals surface area contributed by atoms with E-state index in [1.807, 2.05) is 30.3 Å². The fourth-order valence-corrected chi connectivity index (χ4v) is 1.61. The van der Waals surface area contributed by atoms with E-state index in [-0.39, 0.29) is 24.8 Å². The topological polar surface area (TPSA) is 43.4 Å². The lowest BCUT2D eigenvalue weighted by atomic mass is 9.88. The summed E-state index contributed by atoms with van der Waals surface area (Å²) >= 11 is 0. The fraction of sp³-hybridized carbons (Fsp3) is 0.429. The van der Waals surface area contributed by atoms with Gasteiger partial charge in [0.15, 0.2) is 0 Å². The van der Waals surface area contributed by atoms with Gasteiger partial charge in [0.05, 0.1) is 5.41 Å². The Hall–Kier alpha value is -1.64. The Morgan fingerprint density at radius 3 is 2.29 bits per heavy atom. The van der Waals surface area contributed by atoms with Gasteiger partial charge in [-0.1, -0.05) is 30.3 Å². The van der Waals surface area contributed by atoms with Gasteiger partial charge in [0, 0.05) is 6.42 Å². The number of ketones is 1. The Kier molecular flexibility index (Phi) is 4.44. The van der Waals surface area contributed by atoms with Gasteiger partial charge in [0.2, 0.25) is 0 Å². The van der Waals surface area contributed by atoms with E-state index in [9.17, 15) is 9.59 Å². The van der Waals surface area contributed by atoms with Crippen LogP contribution in [0, 0.1) is 5.41 Å². The average molecular weight is 234 g/mol. The maximum atomic E-state index is 11.8. The van der Waals surface area contributed by atoms with Crippen molar-refractivity contribution in [3.63, 3.8) is 0 Å². The summed E-state index contributed by atoms with van der Waals surface area (Å²) in [4.78, 5) is 22.8. The first kappa shape index (κ1) is 13.4. The van der Waals surface area contributed by atoms with Crippen molar-refractivity contribution >= 4 is 11.8 Å². The molecule has 1 rings (SSSR count). The lowest BCUT2D eigenvalue weighted by molar-refractivity contribution is -0.157. The zero-order valence-electron chi connectivity index (χ0n) is 10.5. The Labute approximate surface area is 102 Å². The minimum atomic E-state index is -0.749. The van der Waals surface area contributed by atoms with Crippen molar-refractivity contribution in [2.75, 3.05) is 0 Å². The van der Waals surface area contributed by atoms with Crippen molar-refractivity contribution in [2.45, 2.75) is 33.8 Å². The second-order valence-corrected chi connectivity index (χ2v) is 4.82. The van der Waals surface area contributed by atoms with Gasteiger partial charge >= 0.3 is 5.97 Å². The highest BCUT2D eigenvalue weighted by Crippen LogP contribution is 2.23. The molecular formula is C14H18O3. The van der Waals surface area contributed by atoms with Crippen LogP contribution in [0.2, 0.25) is 0 Å². The highest BCUT2D eigenvalue weighted by Gasteiger charge is 2.30. The summed E-state index contributed by atoms with van der Waals surface area (Å²) in [5.41, 5.74) is 0.195. The number of carbonyl (C=O) groups is 2. The molecule has 17 heavy (non-hydrogen) atoms. The third-order valence-corrected chi connectivity index (χ3v) is 2.46. The van der Waals surface area contributed by atoms with Crippen molar-refractivity contribution in [1.29, 1.82) is 0 Å². The molecule has 0 N–H and O–H groups in total. The molecule has 0 spiro atoms. The first-order valence-electron chi connectivity index (χ1n) is 5.62. The molecule has 0 unspecified atom stereocenters. The van der Waals surface area contributed by atoms with Crippen LogP contribution in [-0.2, 0) is 20.9 Å². The van der Waals surface area contributed by atoms with Gasteiger partial charge < -0.3 is 4.74 Å². The zero-order valence-corrected chi connectivity index (χ0v) is 10.5. The van der Waals surface area contributed by atoms with Crippen LogP contribution in [-0.4, -0.2) is 11.8 Å². The lowest BCUT2D eigenvalue weighted by Crippen LogP contribution is -2.28. The first-order chi connectivity index (χ1) is 7.92. The summed E-state index contributed by atoms with van der Waals surface area (Å²) in [5, 5.41) is 0. The molecule has 3 nitrogen and oxygen atoms in total. The van der Waals surface area contributed by atoms with Crippen LogP contribution < -0.4 is 0 Å². The number of rotatable bonds is 5. The highest BCUT2D eigenvalue weighted by atomic mass is 16.5. The van der Waals surface area contributed by atoms with E-state index in [4.69, 9.17) is 4.74 Å². The molecule has 0 fully saturated rings. The number of hydrogen-bond donors (Lipinski definition) is 0. The number of ether oxygens (including phenoxy) is 1. The van der Waals surface area contributed by atoms with Gasteiger partial charge in [-0.2, -0.15) is 0 Å². The molecule has 0 aliphatic carbocycles. The van der Waals surface area contributed by atoms with Gasteiger partial charge in [-0.25, -0.2) is 0 Å². The maximum Gasteiger partial charge on any atom is 0.312 e. The smallest absolute Gasteiger partial charge is 0.312 e. The third-order valence-electron chi connectivity index (χ3n) is 2.46. The van der Waals surface area contributed by atoms with Gasteiger partial charge in [0.25, 0.3) is 0 Å². The van der Waals surface area contributed by atoms with E-state index in [1.165, 1.54) is 6.92 Å². The number of carbonyl (C=O) groups excluding carboxylic acids is 2. The van der Waals surface area contributed by atoms with Crippen molar-refractivity contribution in [3.05, 3.63) is 35.9 Å². The Balaban J connectivity index is 2.52. The average Bonchev–Trinajstić information content (AvgIpc) is 2.25. The summed E-state index contributed by atoms with van der Waals surface area (Å²) < 4.78 is 5.20. The van der Waals surface area contributed by atoms with Gasteiger partial charge in [0.1, 0.15) is 12.4 Å². The van der Waals surface area contributed by atoms with E-state index in [0.717, 1.165) is 5.56 Å². The number of hydrogen-bond acceptors (Lipinski definition) is 3. The van der Waals surface area contributed by atoms with Crippen LogP contribution in [0.1, 0.15) is 32.8 Å². The van der Waals surface area contributed by atoms with E-state index >= 15 is 0 Å². The van der Waals surface area contributed by atoms with Crippen LogP contribution in [0.15, 0.2) is 30.3 Å². The van der Waals surface area contributed by atoms with Crippen molar-refractivity contribution in [3.8, 4) is 0 Å². The Bertz CT molecular complexity index is 393. The van der Waals surface area contributed by atoms with Crippen molar-refractivity contribution in [1.82, 2.24) is 0 Å². The van der Waals surface area contributed by atoms with Crippen LogP contribution in [0.3, 0.4) is 0 Å². The van der Waals surface area contributed by atoms with Crippen molar-refractivity contribution in [2.24, 2.45) is 5.41 Å². The molecule has 0 heterocycles. The van der Waals surface area contributed by atoms with E-state index in [2.05, 4.69) is 0 Å². The summed E-state index contributed by atoms with van der Waals surface area (Å²) in [6.07, 6.45) is 0.209. The molecule has 0 amide bonds. The van der Waals surface area contributed by atoms with Crippen molar-refractivity contribution < 1.29 is 14.3 Å². The first-order valence-corrected chi connectivity index (χ1v) is 5.62. The second-order valence-electron chi connectivity index (χ2n) is 4.82. The van der Waals surface area contributed by atoms with Crippen LogP contribution in [0.4, 0.5) is 0 Å². The van der Waals surface area contributed by atoms with Gasteiger partial charge in [-0.3, -0.25) is 9.59 Å². The Morgan fingerprint density at radius 1 is 1.18 bits per heavy atom. The minimum Gasteiger partial charge on any atom is -0.460 e. The maximum absolute atomic E-state index is 11.8. The molecule has 0 bridgehead atoms. The predicted octanol–water partition coefficient (Wildman–Crippen LogP) is 2.74. The normalized spacial score (nSPS) is 11.0. The summed E-state index contributed by atoms with van der Waals surface area (Å²) in [6.45, 7) is 5.18. The number of esters is 1. The standard InChI is InChI=1S/C14H18O3/c1-11(15)9-14(2,3)13(16)17-10-12-7-5-4-6-8-12/h4-8H,9-10H2,1-3H3. The number of Topliss-reactive ketones (excluding diaryl/α,β-unsaturated/α-hetero) is 1. The molecule has 0 atom stereocenters. The molecule has 1 aromatic carbocycles. The molecule has 1 aromatic rings. The SMILES string of the molecule is CC(=O)CC(C)(C)C(=O)OCc1ccccc1. The molecular weight excluding hydrogens is 216 g/mol. The monoisotopic (exact) mass is 234 g/mol. The zero-order chi connectivity index (χ0) is 12.9. The molecule has 0 aromatic heterocycles. The molecule has 0 saturated carbocycles. The minimum absolute atomic E-state index is 0.00772. The molecule has 0 saturated heterocycles. The quantitative estimate of drug-likeness (QED) is 0.736. The molecule has 0 aliphatic heterocycles. The van der Waals surface area contributed by atoms with E-state index in [0.29, 0.717) is 0 Å². The highest BCUT2D eigenvalue weighted by molar-refractivity contribution is 5.85. The van der Waals surface area contributed by atoms with Crippen LogP contribution in [0.25, 0.3) is 0 Å². The lowest BCUT2D eigenvalue weighted by Gasteiger charge is -2.20. The van der Waals surface area contributed by atoms with Crippen LogP contribution in [0.5, 0.6) is 0 Å². The second kappa shape index (κ2) is 5.62. The number of benzene rings is 1. The van der Waals surface area contributed by atoms with Gasteiger partial charge in [-0.05, 0) is 26.3 Å². The van der Waals surface area contributed by atoms with Crippen LogP contribution >= 0.6 is 0 Å². The largest absolute Gasteiger partial charge is 0.460 e. The fourth-order valence-electron chi connectivity index (χ4n) is 1.61. The predicted molar refractivity (Wildman–Crippen MR) is 65.3 cm³/mol. The third kappa shape index (κ3) is 4.39. The molecule has 0 aliphatic rings. The summed E-state index contributed by atoms with van der Waals surface area (Å²) in [6, 6.07) is 9.48. The summed E-state index contributed by atoms with van der Waals surface area (Å²) in [7, 11) is 0. The summed E-state index contributed by atoms with van der Waals surface area (Å²) in [5.74, 6) is -0.344. The molecule has 0 radical (unpaired) electrons. The Morgan fingerprint density at radius 2 is 1.76 bits per heavy atom.